The zero-order chi connectivity index (χ0) is 20.4. The summed E-state index contributed by atoms with van der Waals surface area (Å²) in [5.41, 5.74) is 7.08. The molecule has 150 valence electrons. The number of nitrogens with one attached hydrogen (secondary N) is 1. The number of hydrogen-bond donors (Lipinski definition) is 2. The van der Waals surface area contributed by atoms with Crippen LogP contribution in [0.15, 0.2) is 24.3 Å². The molecule has 0 heterocycles. The monoisotopic (exact) mass is 376 g/mol. The number of ketones is 1. The van der Waals surface area contributed by atoms with Gasteiger partial charge in [-0.1, -0.05) is 45.0 Å². The molecule has 0 spiro atoms. The molecule has 0 radical (unpaired) electrons. The Hall–Kier alpha value is -2.21. The standard InChI is InChI=1S/C21H32N2O4/c1-14(2)15(3)21(26)23-16(4)19(24)12-17-7-9-18(10-8-17)13-27-20(25)6-5-11-22/h7-10,14-16H,5-6,11-13,22H2,1-4H3,(H,23,26)/t15-,16-/m0/s1. The van der Waals surface area contributed by atoms with E-state index in [0.717, 1.165) is 11.1 Å². The number of nitrogens with two attached hydrogens (primary N) is 1. The molecule has 27 heavy (non-hydrogen) atoms. The number of ether oxygens (including phenoxy) is 1. The highest BCUT2D eigenvalue weighted by Crippen LogP contribution is 2.11. The Labute approximate surface area is 161 Å². The van der Waals surface area contributed by atoms with Crippen molar-refractivity contribution in [3.8, 4) is 0 Å². The maximum Gasteiger partial charge on any atom is 0.306 e. The number of amides is 1. The first-order valence-electron chi connectivity index (χ1n) is 9.51. The van der Waals surface area contributed by atoms with E-state index < -0.39 is 6.04 Å². The van der Waals surface area contributed by atoms with E-state index in [1.54, 1.807) is 6.92 Å². The molecule has 1 aromatic carbocycles. The average Bonchev–Trinajstić information content (AvgIpc) is 2.64. The molecule has 0 aliphatic rings. The molecule has 0 bridgehead atoms. The second-order valence-corrected chi connectivity index (χ2v) is 7.28. The van der Waals surface area contributed by atoms with Crippen molar-refractivity contribution in [1.82, 2.24) is 5.32 Å². The fraction of sp³-hybridized carbons (Fsp3) is 0.571. The Morgan fingerprint density at radius 2 is 1.63 bits per heavy atom. The number of Topliss-reactive ketones (excluding diaryl/α,β-unsaturated/α-hetero) is 1. The summed E-state index contributed by atoms with van der Waals surface area (Å²) in [6.07, 6.45) is 1.18. The third-order valence-corrected chi connectivity index (χ3v) is 4.64. The molecule has 0 aliphatic heterocycles. The van der Waals surface area contributed by atoms with Gasteiger partial charge in [-0.3, -0.25) is 14.4 Å². The van der Waals surface area contributed by atoms with Crippen LogP contribution in [0, 0.1) is 11.8 Å². The van der Waals surface area contributed by atoms with Crippen LogP contribution in [-0.2, 0) is 32.1 Å². The van der Waals surface area contributed by atoms with Gasteiger partial charge in [-0.05, 0) is 36.9 Å². The zero-order valence-electron chi connectivity index (χ0n) is 16.8. The van der Waals surface area contributed by atoms with Crippen LogP contribution in [0.25, 0.3) is 0 Å². The quantitative estimate of drug-likeness (QED) is 0.578. The number of rotatable bonds is 11. The minimum absolute atomic E-state index is 0.0414. The van der Waals surface area contributed by atoms with Crippen molar-refractivity contribution in [3.05, 3.63) is 35.4 Å². The predicted octanol–water partition coefficient (Wildman–Crippen LogP) is 2.38. The Balaban J connectivity index is 2.48. The first-order chi connectivity index (χ1) is 12.7. The van der Waals surface area contributed by atoms with E-state index in [2.05, 4.69) is 5.32 Å². The molecule has 6 nitrogen and oxygen atoms in total. The average molecular weight is 376 g/mol. The molecule has 2 atom stereocenters. The van der Waals surface area contributed by atoms with E-state index in [1.165, 1.54) is 0 Å². The van der Waals surface area contributed by atoms with Crippen LogP contribution in [-0.4, -0.2) is 30.2 Å². The van der Waals surface area contributed by atoms with Crippen LogP contribution >= 0.6 is 0 Å². The molecule has 1 rings (SSSR count). The summed E-state index contributed by atoms with van der Waals surface area (Å²) in [6.45, 7) is 8.20. The first-order valence-corrected chi connectivity index (χ1v) is 9.51. The van der Waals surface area contributed by atoms with Crippen LogP contribution in [0.3, 0.4) is 0 Å². The summed E-state index contributed by atoms with van der Waals surface area (Å²) in [5, 5.41) is 2.79. The highest BCUT2D eigenvalue weighted by molar-refractivity contribution is 5.90. The Morgan fingerprint density at radius 1 is 1.04 bits per heavy atom. The fourth-order valence-electron chi connectivity index (χ4n) is 2.32. The zero-order valence-corrected chi connectivity index (χ0v) is 16.8. The van der Waals surface area contributed by atoms with Gasteiger partial charge in [0.15, 0.2) is 5.78 Å². The van der Waals surface area contributed by atoms with Crippen molar-refractivity contribution < 1.29 is 19.1 Å². The lowest BCUT2D eigenvalue weighted by Gasteiger charge is -2.19. The van der Waals surface area contributed by atoms with Crippen LogP contribution in [0.1, 0.15) is 51.7 Å². The van der Waals surface area contributed by atoms with E-state index in [4.69, 9.17) is 10.5 Å². The highest BCUT2D eigenvalue weighted by atomic mass is 16.5. The van der Waals surface area contributed by atoms with Gasteiger partial charge < -0.3 is 15.8 Å². The van der Waals surface area contributed by atoms with Gasteiger partial charge >= 0.3 is 5.97 Å². The lowest BCUT2D eigenvalue weighted by molar-refractivity contribution is -0.145. The van der Waals surface area contributed by atoms with Crippen molar-refractivity contribution in [2.45, 2.75) is 59.6 Å². The summed E-state index contributed by atoms with van der Waals surface area (Å²) in [7, 11) is 0. The molecule has 0 aromatic heterocycles. The van der Waals surface area contributed by atoms with Crippen molar-refractivity contribution in [2.24, 2.45) is 17.6 Å². The van der Waals surface area contributed by atoms with Gasteiger partial charge in [0.05, 0.1) is 6.04 Å². The van der Waals surface area contributed by atoms with Gasteiger partial charge in [-0.2, -0.15) is 0 Å². The molecule has 6 heteroatoms. The van der Waals surface area contributed by atoms with Crippen LogP contribution < -0.4 is 11.1 Å². The second-order valence-electron chi connectivity index (χ2n) is 7.28. The predicted molar refractivity (Wildman–Crippen MR) is 105 cm³/mol. The summed E-state index contributed by atoms with van der Waals surface area (Å²) < 4.78 is 5.17. The Morgan fingerprint density at radius 3 is 2.19 bits per heavy atom. The van der Waals surface area contributed by atoms with Crippen LogP contribution in [0.2, 0.25) is 0 Å². The molecular formula is C21H32N2O4. The number of hydrogen-bond acceptors (Lipinski definition) is 5. The van der Waals surface area contributed by atoms with Crippen molar-refractivity contribution in [1.29, 1.82) is 0 Å². The fourth-order valence-corrected chi connectivity index (χ4v) is 2.32. The Kier molecular flexibility index (Phi) is 9.72. The smallest absolute Gasteiger partial charge is 0.306 e. The second kappa shape index (κ2) is 11.5. The summed E-state index contributed by atoms with van der Waals surface area (Å²) in [5.74, 6) is -0.311. The normalized spacial score (nSPS) is 13.1. The van der Waals surface area contributed by atoms with Crippen molar-refractivity contribution >= 4 is 17.7 Å². The third-order valence-electron chi connectivity index (χ3n) is 4.64. The van der Waals surface area contributed by atoms with Crippen LogP contribution in [0.4, 0.5) is 0 Å². The summed E-state index contributed by atoms with van der Waals surface area (Å²) in [4.78, 5) is 35.9. The molecule has 3 N–H and O–H groups in total. The van der Waals surface area contributed by atoms with Crippen molar-refractivity contribution in [3.63, 3.8) is 0 Å². The number of esters is 1. The largest absolute Gasteiger partial charge is 0.461 e. The first kappa shape index (κ1) is 22.8. The lowest BCUT2D eigenvalue weighted by Crippen LogP contribution is -2.42. The minimum atomic E-state index is -0.526. The molecule has 1 aromatic rings. The van der Waals surface area contributed by atoms with E-state index in [1.807, 2.05) is 45.0 Å². The number of carbonyl (C=O) groups is 3. The highest BCUT2D eigenvalue weighted by Gasteiger charge is 2.21. The molecule has 1 amide bonds. The molecule has 0 fully saturated rings. The van der Waals surface area contributed by atoms with Gasteiger partial charge in [0.2, 0.25) is 5.91 Å². The molecule has 0 saturated carbocycles. The molecule has 0 saturated heterocycles. The van der Waals surface area contributed by atoms with E-state index in [0.29, 0.717) is 19.4 Å². The van der Waals surface area contributed by atoms with Gasteiger partial charge in [0.25, 0.3) is 0 Å². The van der Waals surface area contributed by atoms with Crippen LogP contribution in [0.5, 0.6) is 0 Å². The summed E-state index contributed by atoms with van der Waals surface area (Å²) in [6, 6.07) is 6.83. The molecule has 0 unspecified atom stereocenters. The van der Waals surface area contributed by atoms with E-state index >= 15 is 0 Å². The Bertz CT molecular complexity index is 626. The maximum absolute atomic E-state index is 12.3. The van der Waals surface area contributed by atoms with Gasteiger partial charge in [0.1, 0.15) is 6.61 Å². The molecular weight excluding hydrogens is 344 g/mol. The topological polar surface area (TPSA) is 98.5 Å². The lowest BCUT2D eigenvalue weighted by atomic mass is 9.96. The maximum atomic E-state index is 12.3. The summed E-state index contributed by atoms with van der Waals surface area (Å²) >= 11 is 0. The van der Waals surface area contributed by atoms with Gasteiger partial charge in [-0.15, -0.1) is 0 Å². The van der Waals surface area contributed by atoms with Crippen molar-refractivity contribution in [2.75, 3.05) is 6.54 Å². The van der Waals surface area contributed by atoms with Gasteiger partial charge in [-0.25, -0.2) is 0 Å². The van der Waals surface area contributed by atoms with E-state index in [-0.39, 0.29) is 42.5 Å². The third kappa shape index (κ3) is 8.35. The van der Waals surface area contributed by atoms with Gasteiger partial charge in [0, 0.05) is 18.8 Å². The minimum Gasteiger partial charge on any atom is -0.461 e. The van der Waals surface area contributed by atoms with E-state index in [9.17, 15) is 14.4 Å². The number of carbonyl (C=O) groups excluding carboxylic acids is 3. The SMILES string of the molecule is CC(C)[C@H](C)C(=O)N[C@@H](C)C(=O)Cc1ccc(COC(=O)CCCN)cc1. The number of benzene rings is 1. The molecule has 0 aliphatic carbocycles.